The molecule has 0 spiro atoms. The fourth-order valence-corrected chi connectivity index (χ4v) is 4.17. The standard InChI is InChI=1S/C26H23N3O7/c27-25(33)16-8-4-9-18-23(16)24-19(29(18)13-15-6-2-1-3-7-15)10-5-11-20(24)36-14-21(30)28-17(26(34)35)12-22(31)32/h1-11,17H,12-14H2,(H2,27,33)(H,28,30)(H,31,32)(H,34,35)/t17-/m1/s1. The summed E-state index contributed by atoms with van der Waals surface area (Å²) in [6, 6.07) is 18.6. The van der Waals surface area contributed by atoms with E-state index in [-0.39, 0.29) is 5.56 Å². The molecule has 3 aromatic carbocycles. The van der Waals surface area contributed by atoms with Crippen LogP contribution >= 0.6 is 0 Å². The number of nitrogens with zero attached hydrogens (tertiary/aromatic N) is 1. The zero-order valence-electron chi connectivity index (χ0n) is 19.0. The minimum atomic E-state index is -1.59. The van der Waals surface area contributed by atoms with E-state index < -0.39 is 42.8 Å². The number of aromatic nitrogens is 1. The van der Waals surface area contributed by atoms with Crippen LogP contribution in [-0.4, -0.2) is 51.2 Å². The van der Waals surface area contributed by atoms with Gasteiger partial charge in [0.25, 0.3) is 5.91 Å². The number of nitrogens with one attached hydrogen (secondary N) is 1. The normalized spacial score (nSPS) is 11.8. The molecule has 1 atom stereocenters. The maximum absolute atomic E-state index is 12.4. The number of rotatable bonds is 10. The second-order valence-corrected chi connectivity index (χ2v) is 8.13. The average Bonchev–Trinajstić information content (AvgIpc) is 3.16. The third-order valence-corrected chi connectivity index (χ3v) is 5.70. The molecule has 2 amide bonds. The maximum atomic E-state index is 12.4. The molecule has 0 saturated carbocycles. The largest absolute Gasteiger partial charge is 0.483 e. The molecule has 4 aromatic rings. The van der Waals surface area contributed by atoms with Gasteiger partial charge in [0.1, 0.15) is 11.8 Å². The predicted octanol–water partition coefficient (Wildman–Crippen LogP) is 2.36. The molecule has 1 aromatic heterocycles. The zero-order chi connectivity index (χ0) is 25.8. The summed E-state index contributed by atoms with van der Waals surface area (Å²) in [5.74, 6) is -3.96. The number of nitrogens with two attached hydrogens (primary N) is 1. The number of aliphatic carboxylic acids is 2. The van der Waals surface area contributed by atoms with E-state index in [1.54, 1.807) is 24.3 Å². The lowest BCUT2D eigenvalue weighted by Crippen LogP contribution is -2.44. The number of hydrogen-bond acceptors (Lipinski definition) is 5. The summed E-state index contributed by atoms with van der Waals surface area (Å²) < 4.78 is 7.78. The first-order valence-electron chi connectivity index (χ1n) is 11.0. The molecule has 1 heterocycles. The highest BCUT2D eigenvalue weighted by atomic mass is 16.5. The first-order valence-corrected chi connectivity index (χ1v) is 11.0. The Morgan fingerprint density at radius 2 is 1.56 bits per heavy atom. The van der Waals surface area contributed by atoms with E-state index >= 15 is 0 Å². The first-order chi connectivity index (χ1) is 17.3. The van der Waals surface area contributed by atoms with E-state index in [1.165, 1.54) is 0 Å². The van der Waals surface area contributed by atoms with Crippen LogP contribution in [0.25, 0.3) is 21.8 Å². The minimum Gasteiger partial charge on any atom is -0.483 e. The van der Waals surface area contributed by atoms with E-state index in [4.69, 9.17) is 20.7 Å². The fourth-order valence-electron chi connectivity index (χ4n) is 4.17. The molecule has 0 saturated heterocycles. The van der Waals surface area contributed by atoms with Crippen molar-refractivity contribution in [2.24, 2.45) is 5.73 Å². The van der Waals surface area contributed by atoms with Gasteiger partial charge in [0, 0.05) is 17.5 Å². The van der Waals surface area contributed by atoms with Crippen LogP contribution in [0, 0.1) is 0 Å². The van der Waals surface area contributed by atoms with E-state index in [0.717, 1.165) is 16.6 Å². The van der Waals surface area contributed by atoms with Gasteiger partial charge in [-0.2, -0.15) is 0 Å². The molecular formula is C26H23N3O7. The zero-order valence-corrected chi connectivity index (χ0v) is 19.0. The number of carbonyl (C=O) groups excluding carboxylic acids is 2. The number of hydrogen-bond donors (Lipinski definition) is 4. The van der Waals surface area contributed by atoms with Crippen molar-refractivity contribution in [3.05, 3.63) is 77.9 Å². The fraction of sp³-hybridized carbons (Fsp3) is 0.154. The van der Waals surface area contributed by atoms with Gasteiger partial charge in [-0.25, -0.2) is 4.79 Å². The Labute approximate surface area is 204 Å². The van der Waals surface area contributed by atoms with Gasteiger partial charge >= 0.3 is 11.9 Å². The molecule has 4 rings (SSSR count). The van der Waals surface area contributed by atoms with Crippen LogP contribution in [0.1, 0.15) is 22.3 Å². The van der Waals surface area contributed by atoms with Crippen LogP contribution in [0.3, 0.4) is 0 Å². The molecule has 0 radical (unpaired) electrons. The molecule has 5 N–H and O–H groups in total. The molecule has 0 aliphatic carbocycles. The number of carboxylic acid groups (broad SMARTS) is 2. The molecule has 10 nitrogen and oxygen atoms in total. The summed E-state index contributed by atoms with van der Waals surface area (Å²) in [4.78, 5) is 46.8. The van der Waals surface area contributed by atoms with Gasteiger partial charge < -0.3 is 30.6 Å². The summed E-state index contributed by atoms with van der Waals surface area (Å²) in [6.45, 7) is -0.0604. The topological polar surface area (TPSA) is 161 Å². The lowest BCUT2D eigenvalue weighted by atomic mass is 10.1. The van der Waals surface area contributed by atoms with E-state index in [1.807, 2.05) is 47.0 Å². The maximum Gasteiger partial charge on any atom is 0.326 e. The molecule has 0 bridgehead atoms. The van der Waals surface area contributed by atoms with Crippen molar-refractivity contribution in [3.63, 3.8) is 0 Å². The Balaban J connectivity index is 1.74. The van der Waals surface area contributed by atoms with E-state index in [0.29, 0.717) is 23.1 Å². The van der Waals surface area contributed by atoms with Gasteiger partial charge in [0.2, 0.25) is 5.91 Å². The van der Waals surface area contributed by atoms with Gasteiger partial charge in [-0.3, -0.25) is 14.4 Å². The van der Waals surface area contributed by atoms with Crippen molar-refractivity contribution in [1.82, 2.24) is 9.88 Å². The number of amides is 2. The van der Waals surface area contributed by atoms with E-state index in [9.17, 15) is 19.2 Å². The van der Waals surface area contributed by atoms with Crippen LogP contribution in [0.5, 0.6) is 5.75 Å². The number of ether oxygens (including phenoxy) is 1. The van der Waals surface area contributed by atoms with Crippen LogP contribution in [0.4, 0.5) is 0 Å². The van der Waals surface area contributed by atoms with Gasteiger partial charge in [0.05, 0.1) is 22.8 Å². The van der Waals surface area contributed by atoms with Crippen molar-refractivity contribution in [2.45, 2.75) is 19.0 Å². The van der Waals surface area contributed by atoms with Crippen molar-refractivity contribution >= 4 is 45.6 Å². The third kappa shape index (κ3) is 4.97. The lowest BCUT2D eigenvalue weighted by Gasteiger charge is -2.13. The van der Waals surface area contributed by atoms with Crippen LogP contribution in [-0.2, 0) is 20.9 Å². The van der Waals surface area contributed by atoms with Gasteiger partial charge in [-0.1, -0.05) is 42.5 Å². The van der Waals surface area contributed by atoms with Gasteiger partial charge in [-0.05, 0) is 29.8 Å². The molecule has 0 aliphatic heterocycles. The molecule has 36 heavy (non-hydrogen) atoms. The number of primary amides is 1. The first kappa shape index (κ1) is 24.3. The van der Waals surface area contributed by atoms with Crippen molar-refractivity contribution in [2.75, 3.05) is 6.61 Å². The van der Waals surface area contributed by atoms with Crippen molar-refractivity contribution in [1.29, 1.82) is 0 Å². The number of fused-ring (bicyclic) bond motifs is 3. The predicted molar refractivity (Wildman–Crippen MR) is 131 cm³/mol. The molecule has 184 valence electrons. The lowest BCUT2D eigenvalue weighted by molar-refractivity contribution is -0.147. The minimum absolute atomic E-state index is 0.289. The van der Waals surface area contributed by atoms with Crippen molar-refractivity contribution < 1.29 is 34.1 Å². The third-order valence-electron chi connectivity index (χ3n) is 5.70. The molecule has 0 aliphatic rings. The average molecular weight is 489 g/mol. The highest BCUT2D eigenvalue weighted by Gasteiger charge is 2.24. The summed E-state index contributed by atoms with van der Waals surface area (Å²) in [5.41, 5.74) is 8.49. The van der Waals surface area contributed by atoms with E-state index in [2.05, 4.69) is 5.32 Å². The molecular weight excluding hydrogens is 466 g/mol. The highest BCUT2D eigenvalue weighted by Crippen LogP contribution is 2.38. The number of carboxylic acids is 2. The number of benzene rings is 3. The SMILES string of the molecule is NC(=O)c1cccc2c1c1c(OCC(=O)N[C@H](CC(=O)O)C(=O)O)cccc1n2Cc1ccccc1. The molecule has 0 fully saturated rings. The summed E-state index contributed by atoms with van der Waals surface area (Å²) in [7, 11) is 0. The monoisotopic (exact) mass is 489 g/mol. The summed E-state index contributed by atoms with van der Waals surface area (Å²) >= 11 is 0. The molecule has 0 unspecified atom stereocenters. The Morgan fingerprint density at radius 1 is 0.889 bits per heavy atom. The molecule has 10 heteroatoms. The van der Waals surface area contributed by atoms with Crippen LogP contribution in [0.15, 0.2) is 66.7 Å². The summed E-state index contributed by atoms with van der Waals surface area (Å²) in [5, 5.41) is 21.3. The Kier molecular flexibility index (Phi) is 6.86. The van der Waals surface area contributed by atoms with Crippen LogP contribution < -0.4 is 15.8 Å². The second kappa shape index (κ2) is 10.2. The van der Waals surface area contributed by atoms with Crippen molar-refractivity contribution in [3.8, 4) is 5.75 Å². The Morgan fingerprint density at radius 3 is 2.19 bits per heavy atom. The smallest absolute Gasteiger partial charge is 0.326 e. The van der Waals surface area contributed by atoms with Gasteiger partial charge in [0.15, 0.2) is 6.61 Å². The second-order valence-electron chi connectivity index (χ2n) is 8.13. The summed E-state index contributed by atoms with van der Waals surface area (Å²) in [6.07, 6.45) is -0.772. The highest BCUT2D eigenvalue weighted by molar-refractivity contribution is 6.19. The quantitative estimate of drug-likeness (QED) is 0.266. The van der Waals surface area contributed by atoms with Gasteiger partial charge in [-0.15, -0.1) is 0 Å². The Bertz CT molecular complexity index is 1480. The Hall–Kier alpha value is -4.86. The van der Waals surface area contributed by atoms with Crippen LogP contribution in [0.2, 0.25) is 0 Å². The number of carbonyl (C=O) groups is 4.